The van der Waals surface area contributed by atoms with Gasteiger partial charge in [-0.2, -0.15) is 0 Å². The molecular weight excluding hydrogens is 350 g/mol. The van der Waals surface area contributed by atoms with Crippen LogP contribution in [0.15, 0.2) is 48.5 Å². The molecule has 2 rings (SSSR count). The van der Waals surface area contributed by atoms with Crippen molar-refractivity contribution >= 4 is 29.2 Å². The normalized spacial score (nSPS) is 10.9. The number of benzene rings is 2. The second kappa shape index (κ2) is 8.72. The van der Waals surface area contributed by atoms with E-state index in [0.717, 1.165) is 12.0 Å². The van der Waals surface area contributed by atoms with Gasteiger partial charge in [0.2, 0.25) is 0 Å². The van der Waals surface area contributed by atoms with Gasteiger partial charge in [-0.15, -0.1) is 0 Å². The standard InChI is InChI=1S/C20H24ClN3O2/c1-4-20(2,3)24-18(25)15-7-11-17(12-8-15)23-19(26)22-13-14-5-9-16(21)10-6-14/h5-12H,4,13H2,1-3H3,(H,24,25)(H2,22,23,26). The van der Waals surface area contributed by atoms with Crippen LogP contribution in [0.25, 0.3) is 0 Å². The molecule has 0 saturated carbocycles. The Labute approximate surface area is 159 Å². The minimum absolute atomic E-state index is 0.129. The number of halogens is 1. The molecule has 0 spiro atoms. The molecule has 0 saturated heterocycles. The van der Waals surface area contributed by atoms with Gasteiger partial charge in [0.05, 0.1) is 0 Å². The molecule has 0 aliphatic heterocycles. The fraction of sp³-hybridized carbons (Fsp3) is 0.300. The first-order valence-corrected chi connectivity index (χ1v) is 8.89. The minimum Gasteiger partial charge on any atom is -0.347 e. The molecule has 0 aliphatic carbocycles. The highest BCUT2D eigenvalue weighted by Gasteiger charge is 2.18. The van der Waals surface area contributed by atoms with E-state index in [-0.39, 0.29) is 17.5 Å². The summed E-state index contributed by atoms with van der Waals surface area (Å²) in [4.78, 5) is 24.2. The van der Waals surface area contributed by atoms with Crippen LogP contribution in [0.4, 0.5) is 10.5 Å². The van der Waals surface area contributed by atoms with E-state index in [1.165, 1.54) is 0 Å². The first-order chi connectivity index (χ1) is 12.3. The van der Waals surface area contributed by atoms with Crippen molar-refractivity contribution < 1.29 is 9.59 Å². The van der Waals surface area contributed by atoms with Crippen molar-refractivity contribution in [2.45, 2.75) is 39.3 Å². The van der Waals surface area contributed by atoms with Crippen LogP contribution in [0.1, 0.15) is 43.1 Å². The lowest BCUT2D eigenvalue weighted by Gasteiger charge is -2.24. The van der Waals surface area contributed by atoms with Crippen LogP contribution >= 0.6 is 11.6 Å². The number of hydrogen-bond acceptors (Lipinski definition) is 2. The van der Waals surface area contributed by atoms with E-state index in [2.05, 4.69) is 16.0 Å². The Hall–Kier alpha value is -2.53. The molecule has 3 N–H and O–H groups in total. The number of hydrogen-bond donors (Lipinski definition) is 3. The van der Waals surface area contributed by atoms with E-state index < -0.39 is 0 Å². The Morgan fingerprint density at radius 2 is 1.62 bits per heavy atom. The summed E-state index contributed by atoms with van der Waals surface area (Å²) in [5, 5.41) is 9.15. The Balaban J connectivity index is 1.87. The van der Waals surface area contributed by atoms with Crippen molar-refractivity contribution in [3.63, 3.8) is 0 Å². The molecule has 0 bridgehead atoms. The van der Waals surface area contributed by atoms with E-state index in [0.29, 0.717) is 22.8 Å². The van der Waals surface area contributed by atoms with Crippen LogP contribution in [0.3, 0.4) is 0 Å². The van der Waals surface area contributed by atoms with E-state index in [1.54, 1.807) is 36.4 Å². The third-order valence-corrected chi connectivity index (χ3v) is 4.36. The zero-order chi connectivity index (χ0) is 19.2. The van der Waals surface area contributed by atoms with Gasteiger partial charge in [0.1, 0.15) is 0 Å². The smallest absolute Gasteiger partial charge is 0.319 e. The highest BCUT2D eigenvalue weighted by atomic mass is 35.5. The molecular formula is C20H24ClN3O2. The topological polar surface area (TPSA) is 70.2 Å². The number of amides is 3. The lowest BCUT2D eigenvalue weighted by atomic mass is 10.0. The van der Waals surface area contributed by atoms with Gasteiger partial charge in [-0.25, -0.2) is 4.79 Å². The average Bonchev–Trinajstić information content (AvgIpc) is 2.61. The predicted octanol–water partition coefficient (Wildman–Crippen LogP) is 4.58. The molecule has 0 heterocycles. The number of rotatable bonds is 6. The van der Waals surface area contributed by atoms with Gasteiger partial charge in [-0.3, -0.25) is 4.79 Å². The number of carbonyl (C=O) groups excluding carboxylic acids is 2. The molecule has 6 heteroatoms. The van der Waals surface area contributed by atoms with Crippen LogP contribution < -0.4 is 16.0 Å². The van der Waals surface area contributed by atoms with Crippen LogP contribution in [-0.4, -0.2) is 17.5 Å². The summed E-state index contributed by atoms with van der Waals surface area (Å²) in [5.41, 5.74) is 1.87. The Morgan fingerprint density at radius 1 is 1.00 bits per heavy atom. The molecule has 0 unspecified atom stereocenters. The number of urea groups is 1. The third-order valence-electron chi connectivity index (χ3n) is 4.11. The molecule has 0 aliphatic rings. The quantitative estimate of drug-likeness (QED) is 0.693. The molecule has 0 atom stereocenters. The van der Waals surface area contributed by atoms with Crippen molar-refractivity contribution in [3.05, 3.63) is 64.7 Å². The maximum atomic E-state index is 12.2. The van der Waals surface area contributed by atoms with Crippen LogP contribution in [0.2, 0.25) is 5.02 Å². The second-order valence-electron chi connectivity index (χ2n) is 6.70. The maximum absolute atomic E-state index is 12.2. The van der Waals surface area contributed by atoms with Crippen molar-refractivity contribution in [1.82, 2.24) is 10.6 Å². The van der Waals surface area contributed by atoms with Gasteiger partial charge in [0, 0.05) is 28.4 Å². The number of anilines is 1. The van der Waals surface area contributed by atoms with Gasteiger partial charge >= 0.3 is 6.03 Å². The Kier molecular flexibility index (Phi) is 6.64. The van der Waals surface area contributed by atoms with E-state index in [4.69, 9.17) is 11.6 Å². The van der Waals surface area contributed by atoms with Crippen LogP contribution in [0.5, 0.6) is 0 Å². The summed E-state index contributed by atoms with van der Waals surface area (Å²) in [6.07, 6.45) is 0.839. The summed E-state index contributed by atoms with van der Waals surface area (Å²) in [7, 11) is 0. The van der Waals surface area contributed by atoms with E-state index in [1.807, 2.05) is 32.9 Å². The summed E-state index contributed by atoms with van der Waals surface area (Å²) < 4.78 is 0. The highest BCUT2D eigenvalue weighted by molar-refractivity contribution is 6.30. The summed E-state index contributed by atoms with van der Waals surface area (Å²) in [6, 6.07) is 13.7. The molecule has 3 amide bonds. The van der Waals surface area contributed by atoms with Gasteiger partial charge in [-0.05, 0) is 62.2 Å². The number of carbonyl (C=O) groups is 2. The maximum Gasteiger partial charge on any atom is 0.319 e. The monoisotopic (exact) mass is 373 g/mol. The van der Waals surface area contributed by atoms with Gasteiger partial charge in [-0.1, -0.05) is 30.7 Å². The molecule has 2 aromatic carbocycles. The second-order valence-corrected chi connectivity index (χ2v) is 7.14. The van der Waals surface area contributed by atoms with Crippen molar-refractivity contribution in [2.75, 3.05) is 5.32 Å². The van der Waals surface area contributed by atoms with E-state index >= 15 is 0 Å². The van der Waals surface area contributed by atoms with Crippen LogP contribution in [0, 0.1) is 0 Å². The first kappa shape index (κ1) is 19.8. The first-order valence-electron chi connectivity index (χ1n) is 8.51. The summed E-state index contributed by atoms with van der Waals surface area (Å²) >= 11 is 5.83. The Morgan fingerprint density at radius 3 is 2.19 bits per heavy atom. The lowest BCUT2D eigenvalue weighted by molar-refractivity contribution is 0.0911. The molecule has 138 valence electrons. The zero-order valence-electron chi connectivity index (χ0n) is 15.2. The largest absolute Gasteiger partial charge is 0.347 e. The van der Waals surface area contributed by atoms with Gasteiger partial charge in [0.25, 0.3) is 5.91 Å². The average molecular weight is 374 g/mol. The molecule has 0 fully saturated rings. The fourth-order valence-corrected chi connectivity index (χ4v) is 2.26. The van der Waals surface area contributed by atoms with Crippen molar-refractivity contribution in [2.24, 2.45) is 0 Å². The molecule has 0 aromatic heterocycles. The SMILES string of the molecule is CCC(C)(C)NC(=O)c1ccc(NC(=O)NCc2ccc(Cl)cc2)cc1. The van der Waals surface area contributed by atoms with Gasteiger partial charge in [0.15, 0.2) is 0 Å². The Bertz CT molecular complexity index is 756. The summed E-state index contributed by atoms with van der Waals surface area (Å²) in [5.74, 6) is -0.129. The summed E-state index contributed by atoms with van der Waals surface area (Å²) in [6.45, 7) is 6.38. The predicted molar refractivity (Wildman–Crippen MR) is 106 cm³/mol. The van der Waals surface area contributed by atoms with Crippen LogP contribution in [-0.2, 0) is 6.54 Å². The fourth-order valence-electron chi connectivity index (χ4n) is 2.13. The van der Waals surface area contributed by atoms with Crippen molar-refractivity contribution in [3.8, 4) is 0 Å². The zero-order valence-corrected chi connectivity index (χ0v) is 16.0. The molecule has 26 heavy (non-hydrogen) atoms. The van der Waals surface area contributed by atoms with Gasteiger partial charge < -0.3 is 16.0 Å². The highest BCUT2D eigenvalue weighted by Crippen LogP contribution is 2.13. The van der Waals surface area contributed by atoms with E-state index in [9.17, 15) is 9.59 Å². The third kappa shape index (κ3) is 6.08. The molecule has 2 aromatic rings. The molecule has 0 radical (unpaired) electrons. The van der Waals surface area contributed by atoms with Crippen molar-refractivity contribution in [1.29, 1.82) is 0 Å². The minimum atomic E-state index is -0.315. The lowest BCUT2D eigenvalue weighted by Crippen LogP contribution is -2.42. The number of nitrogens with one attached hydrogen (secondary N) is 3. The molecule has 5 nitrogen and oxygen atoms in total.